The molecule has 0 spiro atoms. The molecule has 250 valence electrons. The second-order valence-electron chi connectivity index (χ2n) is 17.5. The summed E-state index contributed by atoms with van der Waals surface area (Å²) >= 11 is 0. The minimum Gasteiger partial charge on any atom is -0.462 e. The lowest BCUT2D eigenvalue weighted by Gasteiger charge is -2.73. The Balaban J connectivity index is 1.31. The number of carbonyl (C=O) groups excluding carboxylic acids is 1. The van der Waals surface area contributed by atoms with E-state index in [1.54, 1.807) is 19.1 Å². The quantitative estimate of drug-likeness (QED) is 0.176. The molecule has 5 nitrogen and oxygen atoms in total. The van der Waals surface area contributed by atoms with Gasteiger partial charge in [0.25, 0.3) is 10.1 Å². The summed E-state index contributed by atoms with van der Waals surface area (Å²) in [7, 11) is -3.83. The molecule has 0 heterocycles. The molecule has 1 aromatic carbocycles. The predicted molar refractivity (Wildman–Crippen MR) is 179 cm³/mol. The van der Waals surface area contributed by atoms with Gasteiger partial charge in [-0.3, -0.25) is 8.98 Å². The summed E-state index contributed by atoms with van der Waals surface area (Å²) in [4.78, 5) is 12.3. The van der Waals surface area contributed by atoms with Gasteiger partial charge in [0.1, 0.15) is 6.10 Å². The van der Waals surface area contributed by atoms with E-state index in [2.05, 4.69) is 48.1 Å². The van der Waals surface area contributed by atoms with Gasteiger partial charge in [-0.05, 0) is 141 Å². The predicted octanol–water partition coefficient (Wildman–Crippen LogP) is 9.29. The summed E-state index contributed by atoms with van der Waals surface area (Å²) in [5.41, 5.74) is 2.69. The average Bonchev–Trinajstić information content (AvgIpc) is 3.34. The van der Waals surface area contributed by atoms with Gasteiger partial charge in [-0.15, -0.1) is 0 Å². The third-order valence-corrected chi connectivity index (χ3v) is 16.6. The van der Waals surface area contributed by atoms with Crippen molar-refractivity contribution in [1.82, 2.24) is 0 Å². The Bertz CT molecular complexity index is 1450. The molecule has 0 unspecified atom stereocenters. The van der Waals surface area contributed by atoms with Gasteiger partial charge in [0.2, 0.25) is 0 Å². The minimum atomic E-state index is -3.83. The number of esters is 1. The van der Waals surface area contributed by atoms with Crippen molar-refractivity contribution < 1.29 is 22.1 Å². The zero-order chi connectivity index (χ0) is 32.8. The Labute approximate surface area is 273 Å². The fourth-order valence-electron chi connectivity index (χ4n) is 12.9. The number of hydrogen-bond acceptors (Lipinski definition) is 5. The molecule has 6 rings (SSSR count). The van der Waals surface area contributed by atoms with E-state index in [9.17, 15) is 13.2 Å². The minimum absolute atomic E-state index is 0.00865. The Morgan fingerprint density at radius 2 is 1.53 bits per heavy atom. The summed E-state index contributed by atoms with van der Waals surface area (Å²) in [6, 6.07) is 7.02. The molecule has 0 aromatic heterocycles. The van der Waals surface area contributed by atoms with Gasteiger partial charge in [-0.25, -0.2) is 0 Å². The average molecular weight is 639 g/mol. The topological polar surface area (TPSA) is 69.7 Å². The van der Waals surface area contributed by atoms with Crippen molar-refractivity contribution in [3.63, 3.8) is 0 Å². The molecule has 0 aliphatic heterocycles. The van der Waals surface area contributed by atoms with Crippen molar-refractivity contribution in [1.29, 1.82) is 0 Å². The Morgan fingerprint density at radius 3 is 2.18 bits per heavy atom. The zero-order valence-corrected chi connectivity index (χ0v) is 30.0. The summed E-state index contributed by atoms with van der Waals surface area (Å²) < 4.78 is 38.8. The summed E-state index contributed by atoms with van der Waals surface area (Å²) in [6.07, 6.45) is 11.1. The van der Waals surface area contributed by atoms with Gasteiger partial charge in [-0.1, -0.05) is 64.5 Å². The van der Waals surface area contributed by atoms with Crippen molar-refractivity contribution in [3.05, 3.63) is 42.0 Å². The first-order valence-corrected chi connectivity index (χ1v) is 19.1. The number of aryl methyl sites for hydroxylation is 1. The van der Waals surface area contributed by atoms with Crippen molar-refractivity contribution in [2.75, 3.05) is 6.61 Å². The fourth-order valence-corrected chi connectivity index (χ4v) is 13.9. The number of benzene rings is 1. The van der Waals surface area contributed by atoms with Crippen LogP contribution in [0.2, 0.25) is 0 Å². The number of carbonyl (C=O) groups is 1. The van der Waals surface area contributed by atoms with Gasteiger partial charge in [0.15, 0.2) is 0 Å². The van der Waals surface area contributed by atoms with Crippen molar-refractivity contribution >= 4 is 16.1 Å². The third kappa shape index (κ3) is 4.92. The van der Waals surface area contributed by atoms with Crippen LogP contribution in [0.5, 0.6) is 0 Å². The second kappa shape index (κ2) is 10.9. The number of hydrogen-bond donors (Lipinski definition) is 0. The zero-order valence-electron chi connectivity index (χ0n) is 29.2. The lowest BCUT2D eigenvalue weighted by molar-refractivity contribution is -0.251. The monoisotopic (exact) mass is 638 g/mol. The van der Waals surface area contributed by atoms with Gasteiger partial charge in [-0.2, -0.15) is 8.42 Å². The van der Waals surface area contributed by atoms with E-state index in [0.717, 1.165) is 44.1 Å². The van der Waals surface area contributed by atoms with Crippen LogP contribution >= 0.6 is 0 Å². The summed E-state index contributed by atoms with van der Waals surface area (Å²) in [6.45, 7) is 23.0. The summed E-state index contributed by atoms with van der Waals surface area (Å²) in [5, 5.41) is 0. The van der Waals surface area contributed by atoms with Crippen LogP contribution in [0, 0.1) is 63.6 Å². The van der Waals surface area contributed by atoms with Crippen LogP contribution in [0.4, 0.5) is 0 Å². The molecule has 10 atom stereocenters. The van der Waals surface area contributed by atoms with Gasteiger partial charge in [0.05, 0.1) is 11.5 Å². The highest BCUT2D eigenvalue weighted by molar-refractivity contribution is 7.86. The first kappa shape index (κ1) is 33.2. The third-order valence-electron chi connectivity index (χ3n) is 15.3. The van der Waals surface area contributed by atoms with Gasteiger partial charge < -0.3 is 4.74 Å². The van der Waals surface area contributed by atoms with E-state index in [-0.39, 0.29) is 50.7 Å². The summed E-state index contributed by atoms with van der Waals surface area (Å²) in [5.74, 6) is 2.31. The van der Waals surface area contributed by atoms with E-state index >= 15 is 0 Å². The first-order chi connectivity index (χ1) is 20.9. The molecular weight excluding hydrogens is 580 g/mol. The Hall–Kier alpha value is -1.66. The van der Waals surface area contributed by atoms with Crippen LogP contribution < -0.4 is 0 Å². The Morgan fingerprint density at radius 1 is 0.844 bits per heavy atom. The van der Waals surface area contributed by atoms with Gasteiger partial charge in [0, 0.05) is 12.3 Å². The van der Waals surface area contributed by atoms with E-state index in [1.165, 1.54) is 31.3 Å². The number of allylic oxidation sites excluding steroid dienone is 1. The largest absolute Gasteiger partial charge is 0.462 e. The second-order valence-corrected chi connectivity index (χ2v) is 19.2. The van der Waals surface area contributed by atoms with E-state index in [0.29, 0.717) is 29.6 Å². The van der Waals surface area contributed by atoms with Crippen LogP contribution in [-0.2, 0) is 23.8 Å². The van der Waals surface area contributed by atoms with Crippen molar-refractivity contribution in [2.24, 2.45) is 56.7 Å². The SMILES string of the molecule is C=C(C)[C@@H]1CC[C@]2(COS(=O)(=O)c3ccc(C)cc3)CC[C@]3(C)[C@H](CC[C@@H]4[C@@]5(C)CC[C@H](OC(C)=O)C(C)(C)[C@@H]5CC[C@]43C)[C@H]12. The van der Waals surface area contributed by atoms with Crippen molar-refractivity contribution in [3.8, 4) is 0 Å². The molecule has 6 heteroatoms. The molecule has 0 amide bonds. The van der Waals surface area contributed by atoms with E-state index in [1.807, 2.05) is 19.1 Å². The van der Waals surface area contributed by atoms with Crippen molar-refractivity contribution in [2.45, 2.75) is 131 Å². The van der Waals surface area contributed by atoms with Crippen LogP contribution in [0.3, 0.4) is 0 Å². The maximum atomic E-state index is 13.4. The van der Waals surface area contributed by atoms with Gasteiger partial charge >= 0.3 is 5.97 Å². The van der Waals surface area contributed by atoms with E-state index < -0.39 is 10.1 Å². The molecule has 1 aromatic rings. The molecule has 5 aliphatic rings. The highest BCUT2D eigenvalue weighted by Gasteiger charge is 2.71. The molecular formula is C39H58O5S. The normalized spacial score (nSPS) is 43.7. The lowest BCUT2D eigenvalue weighted by atomic mass is 9.32. The molecule has 5 saturated carbocycles. The highest BCUT2D eigenvalue weighted by Crippen LogP contribution is 2.77. The van der Waals surface area contributed by atoms with Crippen LogP contribution in [0.15, 0.2) is 41.3 Å². The number of ether oxygens (including phenoxy) is 1. The molecule has 0 radical (unpaired) electrons. The lowest BCUT2D eigenvalue weighted by Crippen LogP contribution is -2.67. The molecule has 45 heavy (non-hydrogen) atoms. The maximum absolute atomic E-state index is 13.4. The molecule has 0 saturated heterocycles. The molecule has 5 aliphatic carbocycles. The van der Waals surface area contributed by atoms with Crippen LogP contribution in [0.1, 0.15) is 118 Å². The molecule has 5 fully saturated rings. The van der Waals surface area contributed by atoms with Crippen LogP contribution in [-0.4, -0.2) is 27.1 Å². The fraction of sp³-hybridized carbons (Fsp3) is 0.769. The highest BCUT2D eigenvalue weighted by atomic mass is 32.2. The maximum Gasteiger partial charge on any atom is 0.302 e. The van der Waals surface area contributed by atoms with Crippen LogP contribution in [0.25, 0.3) is 0 Å². The van der Waals surface area contributed by atoms with E-state index in [4.69, 9.17) is 8.92 Å². The number of fused-ring (bicyclic) bond motifs is 7. The number of rotatable bonds is 6. The Kier molecular flexibility index (Phi) is 8.08. The standard InChI is InChI=1S/C39H58O5S/c1-25(2)29-16-21-39(24-43-45(41,42)28-12-10-26(3)11-13-28)23-22-37(8)30(34(29)39)14-15-32-36(7)19-18-33(44-27(4)40)35(5,6)31(36)17-20-38(32,37)9/h10-13,29-34H,1,14-24H2,2-9H3/t29-,30+,31-,32+,33-,34-,36-,37+,38+,39+/m0/s1. The smallest absolute Gasteiger partial charge is 0.302 e. The first-order valence-electron chi connectivity index (χ1n) is 17.7. The molecule has 0 bridgehead atoms. The molecule has 0 N–H and O–H groups in total.